The van der Waals surface area contributed by atoms with Crippen LogP contribution in [0.15, 0.2) is 0 Å². The Bertz CT molecular complexity index is 168. The fourth-order valence-corrected chi connectivity index (χ4v) is 0.917. The van der Waals surface area contributed by atoms with Gasteiger partial charge in [-0.3, -0.25) is 9.59 Å². The molecule has 0 saturated heterocycles. The molecule has 5 nitrogen and oxygen atoms in total. The second-order valence-corrected chi connectivity index (χ2v) is 2.79. The van der Waals surface area contributed by atoms with Gasteiger partial charge in [0.1, 0.15) is 0 Å². The molecule has 0 heterocycles. The Morgan fingerprint density at radius 1 is 1.33 bits per heavy atom. The number of carbonyl (C=O) groups is 2. The molecule has 1 amide bonds. The average molecular weight is 239 g/mol. The SMILES string of the molecule is CCOC(=O)CCCNC(=O)CNC.Cl. The van der Waals surface area contributed by atoms with Gasteiger partial charge in [-0.25, -0.2) is 0 Å². The lowest BCUT2D eigenvalue weighted by Gasteiger charge is -2.04. The summed E-state index contributed by atoms with van der Waals surface area (Å²) in [7, 11) is 1.71. The van der Waals surface area contributed by atoms with Crippen LogP contribution in [0.3, 0.4) is 0 Å². The smallest absolute Gasteiger partial charge is 0.305 e. The number of hydrogen-bond donors (Lipinski definition) is 2. The van der Waals surface area contributed by atoms with Crippen molar-refractivity contribution in [1.82, 2.24) is 10.6 Å². The summed E-state index contributed by atoms with van der Waals surface area (Å²) in [6.07, 6.45) is 0.974. The number of rotatable bonds is 7. The lowest BCUT2D eigenvalue weighted by atomic mass is 10.3. The molecule has 0 radical (unpaired) electrons. The first-order valence-corrected chi connectivity index (χ1v) is 4.77. The Morgan fingerprint density at radius 2 is 2.00 bits per heavy atom. The Morgan fingerprint density at radius 3 is 2.53 bits per heavy atom. The molecule has 15 heavy (non-hydrogen) atoms. The van der Waals surface area contributed by atoms with Gasteiger partial charge >= 0.3 is 5.97 Å². The van der Waals surface area contributed by atoms with E-state index in [0.717, 1.165) is 0 Å². The first kappa shape index (κ1) is 16.6. The summed E-state index contributed by atoms with van der Waals surface area (Å²) in [5.74, 6) is -0.272. The maximum absolute atomic E-state index is 10.9. The molecule has 0 aliphatic heterocycles. The van der Waals surface area contributed by atoms with Gasteiger partial charge in [0.2, 0.25) is 5.91 Å². The van der Waals surface area contributed by atoms with E-state index >= 15 is 0 Å². The van der Waals surface area contributed by atoms with Crippen LogP contribution in [0.2, 0.25) is 0 Å². The standard InChI is InChI=1S/C9H18N2O3.ClH/c1-3-14-9(13)5-4-6-11-8(12)7-10-2;/h10H,3-7H2,1-2H3,(H,11,12);1H. The van der Waals surface area contributed by atoms with Gasteiger partial charge in [-0.2, -0.15) is 0 Å². The molecule has 0 aromatic carbocycles. The zero-order chi connectivity index (χ0) is 10.8. The van der Waals surface area contributed by atoms with Crippen LogP contribution < -0.4 is 10.6 Å². The minimum atomic E-state index is -0.213. The summed E-state index contributed by atoms with van der Waals surface area (Å²) in [5, 5.41) is 5.41. The summed E-state index contributed by atoms with van der Waals surface area (Å²) in [5.41, 5.74) is 0. The van der Waals surface area contributed by atoms with Crippen molar-refractivity contribution in [3.8, 4) is 0 Å². The first-order chi connectivity index (χ1) is 6.70. The van der Waals surface area contributed by atoms with Gasteiger partial charge in [0, 0.05) is 13.0 Å². The van der Waals surface area contributed by atoms with Crippen molar-refractivity contribution in [2.45, 2.75) is 19.8 Å². The molecule has 0 aromatic rings. The predicted molar refractivity (Wildman–Crippen MR) is 60.1 cm³/mol. The molecule has 0 atom stereocenters. The Hall–Kier alpha value is -0.810. The van der Waals surface area contributed by atoms with Crippen LogP contribution in [0.5, 0.6) is 0 Å². The highest BCUT2D eigenvalue weighted by atomic mass is 35.5. The predicted octanol–water partition coefficient (Wildman–Crippen LogP) is 0.0871. The number of hydrogen-bond acceptors (Lipinski definition) is 4. The largest absolute Gasteiger partial charge is 0.466 e. The Balaban J connectivity index is 0. The molecule has 0 spiro atoms. The number of likely N-dealkylation sites (N-methyl/N-ethyl adjacent to an activating group) is 1. The van der Waals surface area contributed by atoms with Crippen molar-refractivity contribution in [2.24, 2.45) is 0 Å². The van der Waals surface area contributed by atoms with Gasteiger partial charge in [0.05, 0.1) is 13.2 Å². The van der Waals surface area contributed by atoms with Crippen molar-refractivity contribution in [1.29, 1.82) is 0 Å². The van der Waals surface area contributed by atoms with Crippen molar-refractivity contribution in [3.05, 3.63) is 0 Å². The second kappa shape index (κ2) is 11.3. The molecule has 0 bridgehead atoms. The van der Waals surface area contributed by atoms with Crippen LogP contribution in [-0.2, 0) is 14.3 Å². The topological polar surface area (TPSA) is 67.4 Å². The number of nitrogens with one attached hydrogen (secondary N) is 2. The molecule has 6 heteroatoms. The summed E-state index contributed by atoms with van der Waals surface area (Å²) < 4.78 is 4.73. The lowest BCUT2D eigenvalue weighted by Crippen LogP contribution is -2.32. The monoisotopic (exact) mass is 238 g/mol. The molecule has 0 saturated carbocycles. The number of carbonyl (C=O) groups excluding carboxylic acids is 2. The molecule has 0 aromatic heterocycles. The summed E-state index contributed by atoms with van der Waals surface area (Å²) in [6.45, 7) is 3.00. The van der Waals surface area contributed by atoms with E-state index in [0.29, 0.717) is 32.5 Å². The first-order valence-electron chi connectivity index (χ1n) is 4.77. The van der Waals surface area contributed by atoms with Gasteiger partial charge in [0.15, 0.2) is 0 Å². The molecule has 0 aliphatic rings. The van der Waals surface area contributed by atoms with Crippen LogP contribution >= 0.6 is 12.4 Å². The van der Waals surface area contributed by atoms with E-state index < -0.39 is 0 Å². The normalized spacial score (nSPS) is 8.93. The van der Waals surface area contributed by atoms with Crippen molar-refractivity contribution in [2.75, 3.05) is 26.7 Å². The van der Waals surface area contributed by atoms with Gasteiger partial charge in [-0.15, -0.1) is 12.4 Å². The minimum Gasteiger partial charge on any atom is -0.466 e. The Labute approximate surface area is 96.3 Å². The van der Waals surface area contributed by atoms with Crippen LogP contribution in [0, 0.1) is 0 Å². The van der Waals surface area contributed by atoms with E-state index in [1.165, 1.54) is 0 Å². The molecule has 90 valence electrons. The van der Waals surface area contributed by atoms with Gasteiger partial charge < -0.3 is 15.4 Å². The third-order valence-electron chi connectivity index (χ3n) is 1.52. The third kappa shape index (κ3) is 11.1. The van der Waals surface area contributed by atoms with Crippen LogP contribution in [-0.4, -0.2) is 38.6 Å². The molecule has 0 aliphatic carbocycles. The third-order valence-corrected chi connectivity index (χ3v) is 1.52. The van der Waals surface area contributed by atoms with Gasteiger partial charge in [0.25, 0.3) is 0 Å². The number of ether oxygens (including phenoxy) is 1. The number of amides is 1. The summed E-state index contributed by atoms with van der Waals surface area (Å²) in [4.78, 5) is 21.8. The fraction of sp³-hybridized carbons (Fsp3) is 0.778. The van der Waals surface area contributed by atoms with Crippen molar-refractivity contribution < 1.29 is 14.3 Å². The van der Waals surface area contributed by atoms with Crippen LogP contribution in [0.4, 0.5) is 0 Å². The van der Waals surface area contributed by atoms with Crippen molar-refractivity contribution >= 4 is 24.3 Å². The molecule has 0 unspecified atom stereocenters. The zero-order valence-corrected chi connectivity index (χ0v) is 9.99. The van der Waals surface area contributed by atoms with E-state index in [4.69, 9.17) is 4.74 Å². The highest BCUT2D eigenvalue weighted by Gasteiger charge is 2.02. The molecule has 2 N–H and O–H groups in total. The maximum atomic E-state index is 10.9. The van der Waals surface area contributed by atoms with E-state index in [1.54, 1.807) is 14.0 Å². The average Bonchev–Trinajstić information content (AvgIpc) is 2.13. The molecular weight excluding hydrogens is 220 g/mol. The number of halogens is 1. The van der Waals surface area contributed by atoms with Crippen LogP contribution in [0.1, 0.15) is 19.8 Å². The maximum Gasteiger partial charge on any atom is 0.305 e. The van der Waals surface area contributed by atoms with Crippen LogP contribution in [0.25, 0.3) is 0 Å². The molecule has 0 rings (SSSR count). The quantitative estimate of drug-likeness (QED) is 0.487. The summed E-state index contributed by atoms with van der Waals surface area (Å²) >= 11 is 0. The van der Waals surface area contributed by atoms with E-state index in [1.807, 2.05) is 0 Å². The fourth-order valence-electron chi connectivity index (χ4n) is 0.917. The van der Waals surface area contributed by atoms with E-state index in [-0.39, 0.29) is 24.3 Å². The minimum absolute atomic E-state index is 0. The molecule has 0 fully saturated rings. The number of esters is 1. The lowest BCUT2D eigenvalue weighted by molar-refractivity contribution is -0.143. The second-order valence-electron chi connectivity index (χ2n) is 2.79. The Kier molecular flexibility index (Phi) is 12.5. The zero-order valence-electron chi connectivity index (χ0n) is 9.17. The van der Waals surface area contributed by atoms with Gasteiger partial charge in [-0.1, -0.05) is 0 Å². The van der Waals surface area contributed by atoms with Gasteiger partial charge in [-0.05, 0) is 20.4 Å². The molecular formula is C9H19ClN2O3. The van der Waals surface area contributed by atoms with E-state index in [9.17, 15) is 9.59 Å². The van der Waals surface area contributed by atoms with Crippen molar-refractivity contribution in [3.63, 3.8) is 0 Å². The summed E-state index contributed by atoms with van der Waals surface area (Å²) in [6, 6.07) is 0. The highest BCUT2D eigenvalue weighted by Crippen LogP contribution is 1.90. The highest BCUT2D eigenvalue weighted by molar-refractivity contribution is 5.85. The van der Waals surface area contributed by atoms with E-state index in [2.05, 4.69) is 10.6 Å².